The molecule has 0 heterocycles. The molecule has 0 radical (unpaired) electrons. The van der Waals surface area contributed by atoms with Crippen LogP contribution in [0.25, 0.3) is 0 Å². The Hall–Kier alpha value is -2.69. The van der Waals surface area contributed by atoms with Crippen molar-refractivity contribution in [3.05, 3.63) is 59.7 Å². The Labute approximate surface area is 179 Å². The molecule has 1 fully saturated rings. The van der Waals surface area contributed by atoms with Gasteiger partial charge in [0, 0.05) is 5.41 Å². The molecular formula is C25H34O5. The van der Waals surface area contributed by atoms with Gasteiger partial charge in [-0.1, -0.05) is 82.1 Å². The Morgan fingerprint density at radius 3 is 1.13 bits per heavy atom. The SMILES string of the molecule is O=C(O)O.Oc1ccc(C2(c3ccc(O)cc3)CCCCCCCCCCC2)cc1. The molecule has 3 rings (SSSR count). The van der Waals surface area contributed by atoms with Gasteiger partial charge in [0.1, 0.15) is 11.5 Å². The number of carboxylic acid groups (broad SMARTS) is 2. The van der Waals surface area contributed by atoms with Crippen LogP contribution in [0.3, 0.4) is 0 Å². The van der Waals surface area contributed by atoms with E-state index in [1.54, 1.807) is 0 Å². The number of hydrogen-bond acceptors (Lipinski definition) is 3. The molecule has 0 atom stereocenters. The molecule has 164 valence electrons. The minimum absolute atomic E-state index is 0.0272. The summed E-state index contributed by atoms with van der Waals surface area (Å²) in [5, 5.41) is 33.5. The maximum atomic E-state index is 9.76. The van der Waals surface area contributed by atoms with Crippen LogP contribution in [0.5, 0.6) is 11.5 Å². The molecule has 0 spiro atoms. The third kappa shape index (κ3) is 7.29. The molecule has 2 aromatic rings. The maximum absolute atomic E-state index is 9.76. The van der Waals surface area contributed by atoms with E-state index in [9.17, 15) is 10.2 Å². The fourth-order valence-electron chi connectivity index (χ4n) is 4.52. The first-order valence-corrected chi connectivity index (χ1v) is 10.9. The quantitative estimate of drug-likeness (QED) is 0.428. The van der Waals surface area contributed by atoms with Crippen LogP contribution in [-0.4, -0.2) is 26.6 Å². The molecule has 0 aromatic heterocycles. The van der Waals surface area contributed by atoms with Gasteiger partial charge in [0.05, 0.1) is 0 Å². The molecule has 0 bridgehead atoms. The van der Waals surface area contributed by atoms with E-state index in [1.165, 1.54) is 68.9 Å². The first-order chi connectivity index (χ1) is 14.4. The van der Waals surface area contributed by atoms with Crippen LogP contribution in [0, 0.1) is 0 Å². The van der Waals surface area contributed by atoms with Crippen molar-refractivity contribution in [3.8, 4) is 11.5 Å². The fourth-order valence-corrected chi connectivity index (χ4v) is 4.52. The lowest BCUT2D eigenvalue weighted by Gasteiger charge is -2.36. The van der Waals surface area contributed by atoms with Gasteiger partial charge in [0.2, 0.25) is 0 Å². The Kier molecular flexibility index (Phi) is 9.52. The van der Waals surface area contributed by atoms with Crippen LogP contribution in [0.15, 0.2) is 48.5 Å². The second kappa shape index (κ2) is 12.1. The van der Waals surface area contributed by atoms with Crippen molar-refractivity contribution in [3.63, 3.8) is 0 Å². The molecule has 1 saturated carbocycles. The first kappa shape index (κ1) is 23.6. The molecule has 5 heteroatoms. The van der Waals surface area contributed by atoms with Crippen molar-refractivity contribution in [2.24, 2.45) is 0 Å². The lowest BCUT2D eigenvalue weighted by Crippen LogP contribution is -2.28. The molecule has 0 amide bonds. The third-order valence-corrected chi connectivity index (χ3v) is 6.05. The summed E-state index contributed by atoms with van der Waals surface area (Å²) in [5.74, 6) is 0.644. The number of phenols is 2. The van der Waals surface area contributed by atoms with E-state index in [4.69, 9.17) is 15.0 Å². The van der Waals surface area contributed by atoms with Crippen LogP contribution < -0.4 is 0 Å². The van der Waals surface area contributed by atoms with Gasteiger partial charge in [-0.05, 0) is 48.2 Å². The summed E-state index contributed by atoms with van der Waals surface area (Å²) >= 11 is 0. The summed E-state index contributed by atoms with van der Waals surface area (Å²) in [6.45, 7) is 0. The molecular weight excluding hydrogens is 380 g/mol. The van der Waals surface area contributed by atoms with E-state index in [0.29, 0.717) is 11.5 Å². The maximum Gasteiger partial charge on any atom is 0.503 e. The van der Waals surface area contributed by atoms with Crippen LogP contribution in [0.2, 0.25) is 0 Å². The van der Waals surface area contributed by atoms with Gasteiger partial charge >= 0.3 is 6.16 Å². The number of phenolic OH excluding ortho intramolecular Hbond substituents is 2. The minimum Gasteiger partial charge on any atom is -0.508 e. The first-order valence-electron chi connectivity index (χ1n) is 10.9. The van der Waals surface area contributed by atoms with Crippen molar-refractivity contribution < 1.29 is 25.2 Å². The van der Waals surface area contributed by atoms with E-state index < -0.39 is 6.16 Å². The summed E-state index contributed by atoms with van der Waals surface area (Å²) in [6.07, 6.45) is 12.2. The Balaban J connectivity index is 0.000000735. The molecule has 5 nitrogen and oxygen atoms in total. The van der Waals surface area contributed by atoms with E-state index in [0.717, 1.165) is 12.8 Å². The van der Waals surface area contributed by atoms with Crippen molar-refractivity contribution in [1.82, 2.24) is 0 Å². The lowest BCUT2D eigenvalue weighted by atomic mass is 9.67. The van der Waals surface area contributed by atoms with Crippen LogP contribution in [-0.2, 0) is 5.41 Å². The highest BCUT2D eigenvalue weighted by Gasteiger charge is 2.33. The van der Waals surface area contributed by atoms with Crippen molar-refractivity contribution >= 4 is 6.16 Å². The zero-order chi connectivity index (χ0) is 21.8. The highest BCUT2D eigenvalue weighted by Crippen LogP contribution is 2.43. The van der Waals surface area contributed by atoms with Gasteiger partial charge in [-0.15, -0.1) is 0 Å². The average Bonchev–Trinajstić information content (AvgIpc) is 2.70. The second-order valence-corrected chi connectivity index (χ2v) is 8.14. The highest BCUT2D eigenvalue weighted by atomic mass is 16.6. The predicted octanol–water partition coefficient (Wildman–Crippen LogP) is 6.91. The normalized spacial score (nSPS) is 17.5. The van der Waals surface area contributed by atoms with Crippen molar-refractivity contribution in [1.29, 1.82) is 0 Å². The topological polar surface area (TPSA) is 98.0 Å². The number of carbonyl (C=O) groups is 1. The zero-order valence-corrected chi connectivity index (χ0v) is 17.6. The van der Waals surface area contributed by atoms with Crippen LogP contribution >= 0.6 is 0 Å². The van der Waals surface area contributed by atoms with Crippen molar-refractivity contribution in [2.45, 2.75) is 76.0 Å². The van der Waals surface area contributed by atoms with E-state index in [-0.39, 0.29) is 5.41 Å². The number of aromatic hydroxyl groups is 2. The molecule has 0 unspecified atom stereocenters. The molecule has 4 N–H and O–H groups in total. The summed E-state index contributed by atoms with van der Waals surface area (Å²) in [4.78, 5) is 8.56. The van der Waals surface area contributed by atoms with Gasteiger partial charge in [-0.3, -0.25) is 0 Å². The average molecular weight is 415 g/mol. The summed E-state index contributed by atoms with van der Waals surface area (Å²) in [6, 6.07) is 15.6. The van der Waals surface area contributed by atoms with Gasteiger partial charge in [-0.2, -0.15) is 0 Å². The number of benzene rings is 2. The Bertz CT molecular complexity index is 689. The molecule has 1 aliphatic carbocycles. The van der Waals surface area contributed by atoms with Gasteiger partial charge in [-0.25, -0.2) is 4.79 Å². The smallest absolute Gasteiger partial charge is 0.503 e. The van der Waals surface area contributed by atoms with Gasteiger partial charge in [0.25, 0.3) is 0 Å². The Morgan fingerprint density at radius 1 is 0.567 bits per heavy atom. The molecule has 1 aliphatic rings. The summed E-state index contributed by atoms with van der Waals surface area (Å²) in [7, 11) is 0. The van der Waals surface area contributed by atoms with E-state index in [2.05, 4.69) is 24.3 Å². The third-order valence-electron chi connectivity index (χ3n) is 6.05. The van der Waals surface area contributed by atoms with Gasteiger partial charge < -0.3 is 20.4 Å². The van der Waals surface area contributed by atoms with E-state index >= 15 is 0 Å². The molecule has 30 heavy (non-hydrogen) atoms. The fraction of sp³-hybridized carbons (Fsp3) is 0.480. The Morgan fingerprint density at radius 2 is 0.833 bits per heavy atom. The molecule has 2 aromatic carbocycles. The minimum atomic E-state index is -1.83. The summed E-state index contributed by atoms with van der Waals surface area (Å²) < 4.78 is 0. The standard InChI is InChI=1S/C24H32O2.CH2O3/c25-22-14-10-20(11-15-22)24(21-12-16-23(26)17-13-21)18-8-6-4-2-1-3-5-7-9-19-24;2-1(3)4/h10-17,25-26H,1-9,18-19H2;(H2,2,3,4). The second-order valence-electron chi connectivity index (χ2n) is 8.14. The highest BCUT2D eigenvalue weighted by molar-refractivity contribution is 5.53. The molecule has 0 saturated heterocycles. The van der Waals surface area contributed by atoms with E-state index in [1.807, 2.05) is 24.3 Å². The van der Waals surface area contributed by atoms with Gasteiger partial charge in [0.15, 0.2) is 0 Å². The summed E-state index contributed by atoms with van der Waals surface area (Å²) in [5.41, 5.74) is 2.55. The largest absolute Gasteiger partial charge is 0.508 e. The van der Waals surface area contributed by atoms with Crippen LogP contribution in [0.4, 0.5) is 4.79 Å². The predicted molar refractivity (Wildman–Crippen MR) is 118 cm³/mol. The lowest BCUT2D eigenvalue weighted by molar-refractivity contribution is 0.137. The monoisotopic (exact) mass is 414 g/mol. The van der Waals surface area contributed by atoms with Crippen LogP contribution in [0.1, 0.15) is 81.8 Å². The van der Waals surface area contributed by atoms with Crippen molar-refractivity contribution in [2.75, 3.05) is 0 Å². The number of rotatable bonds is 2. The molecule has 0 aliphatic heterocycles. The zero-order valence-electron chi connectivity index (χ0n) is 17.6. The number of hydrogen-bond donors (Lipinski definition) is 4.